The van der Waals surface area contributed by atoms with Gasteiger partial charge in [0.2, 0.25) is 0 Å². The van der Waals surface area contributed by atoms with E-state index in [2.05, 4.69) is 0 Å². The van der Waals surface area contributed by atoms with Gasteiger partial charge in [0.05, 0.1) is 22.7 Å². The second-order valence-corrected chi connectivity index (χ2v) is 8.37. The van der Waals surface area contributed by atoms with Crippen molar-refractivity contribution < 1.29 is 18.0 Å². The van der Waals surface area contributed by atoms with Gasteiger partial charge in [-0.3, -0.25) is 14.6 Å². The first-order chi connectivity index (χ1) is 12.9. The summed E-state index contributed by atoms with van der Waals surface area (Å²) in [6.45, 7) is 0.405. The van der Waals surface area contributed by atoms with Crippen LogP contribution in [0, 0.1) is 0 Å². The number of anilines is 1. The maximum Gasteiger partial charge on any atom is 0.280 e. The van der Waals surface area contributed by atoms with Crippen LogP contribution >= 0.6 is 0 Å². The molecule has 0 atom stereocenters. The van der Waals surface area contributed by atoms with Crippen LogP contribution in [0.1, 0.15) is 11.1 Å². The van der Waals surface area contributed by atoms with Gasteiger partial charge in [-0.25, -0.2) is 8.42 Å². The van der Waals surface area contributed by atoms with Crippen LogP contribution in [0.5, 0.6) is 0 Å². The smallest absolute Gasteiger partial charge is 0.271 e. The lowest BCUT2D eigenvalue weighted by Crippen LogP contribution is -2.48. The van der Waals surface area contributed by atoms with E-state index in [-0.39, 0.29) is 10.5 Å². The van der Waals surface area contributed by atoms with Crippen molar-refractivity contribution in [3.63, 3.8) is 0 Å². The lowest BCUT2D eigenvalue weighted by Gasteiger charge is -2.34. The number of imide groups is 1. The zero-order valence-corrected chi connectivity index (χ0v) is 15.3. The number of hydrazine groups is 1. The number of para-hydroxylation sites is 1. The molecule has 2 amide bonds. The zero-order chi connectivity index (χ0) is 19.2. The van der Waals surface area contributed by atoms with Crippen molar-refractivity contribution in [1.82, 2.24) is 5.01 Å². The van der Waals surface area contributed by atoms with E-state index in [0.717, 1.165) is 22.5 Å². The van der Waals surface area contributed by atoms with Crippen molar-refractivity contribution in [2.75, 3.05) is 17.8 Å². The highest BCUT2D eigenvalue weighted by atomic mass is 32.2. The fraction of sp³-hybridized carbons (Fsp3) is 0.100. The summed E-state index contributed by atoms with van der Waals surface area (Å²) in [6.07, 6.45) is 6.25. The summed E-state index contributed by atoms with van der Waals surface area (Å²) in [4.78, 5) is 25.7. The molecule has 7 heteroatoms. The molecule has 6 nitrogen and oxygen atoms in total. The average molecular weight is 380 g/mol. The maximum absolute atomic E-state index is 13.0. The highest BCUT2D eigenvalue weighted by Gasteiger charge is 2.37. The third kappa shape index (κ3) is 2.96. The molecule has 2 aliphatic heterocycles. The van der Waals surface area contributed by atoms with Crippen LogP contribution in [0.4, 0.5) is 5.69 Å². The number of carbonyl (C=O) groups is 2. The van der Waals surface area contributed by atoms with E-state index in [1.165, 1.54) is 18.2 Å². The third-order valence-electron chi connectivity index (χ3n) is 4.52. The number of benzene rings is 2. The molecular weight excluding hydrogens is 364 g/mol. The molecule has 0 aliphatic carbocycles. The number of carbonyl (C=O) groups excluding carboxylic acids is 2. The van der Waals surface area contributed by atoms with Crippen molar-refractivity contribution >= 4 is 39.0 Å². The lowest BCUT2D eigenvalue weighted by molar-refractivity contribution is -0.137. The molecule has 0 fully saturated rings. The predicted molar refractivity (Wildman–Crippen MR) is 102 cm³/mol. The Morgan fingerprint density at radius 2 is 1.67 bits per heavy atom. The summed E-state index contributed by atoms with van der Waals surface area (Å²) in [6, 6.07) is 13.5. The first kappa shape index (κ1) is 17.2. The summed E-state index contributed by atoms with van der Waals surface area (Å²) < 4.78 is 23.2. The molecule has 0 aromatic heterocycles. The summed E-state index contributed by atoms with van der Waals surface area (Å²) in [5, 5.41) is 2.77. The standard InChI is InChI=1S/C20H16N2O4S/c1-27(25,26)16-10-8-14(9-11-16)17-13-19(23)22(20(17)24)21-12-4-6-15-5-2-3-7-18(15)21/h2-11,13H,12H2,1H3. The van der Waals surface area contributed by atoms with Crippen LogP contribution in [-0.2, 0) is 19.4 Å². The second kappa shape index (κ2) is 6.21. The second-order valence-electron chi connectivity index (χ2n) is 6.35. The van der Waals surface area contributed by atoms with Crippen LogP contribution in [0.2, 0.25) is 0 Å². The van der Waals surface area contributed by atoms with Gasteiger partial charge in [-0.1, -0.05) is 42.5 Å². The number of rotatable bonds is 3. The van der Waals surface area contributed by atoms with Crippen LogP contribution in [-0.4, -0.2) is 38.0 Å². The number of nitrogens with zero attached hydrogens (tertiary/aromatic N) is 2. The predicted octanol–water partition coefficient (Wildman–Crippen LogP) is 2.29. The van der Waals surface area contributed by atoms with Crippen molar-refractivity contribution in [3.8, 4) is 0 Å². The molecular formula is C20H16N2O4S. The van der Waals surface area contributed by atoms with Crippen LogP contribution in [0.25, 0.3) is 11.6 Å². The Morgan fingerprint density at radius 1 is 0.963 bits per heavy atom. The van der Waals surface area contributed by atoms with Gasteiger partial charge >= 0.3 is 0 Å². The Labute approximate surface area is 156 Å². The maximum atomic E-state index is 13.0. The van der Waals surface area contributed by atoms with Gasteiger partial charge in [-0.2, -0.15) is 5.01 Å². The van der Waals surface area contributed by atoms with E-state index in [0.29, 0.717) is 12.1 Å². The van der Waals surface area contributed by atoms with Gasteiger partial charge in [0, 0.05) is 12.3 Å². The monoisotopic (exact) mass is 380 g/mol. The van der Waals surface area contributed by atoms with E-state index in [4.69, 9.17) is 0 Å². The van der Waals surface area contributed by atoms with E-state index in [9.17, 15) is 18.0 Å². The Bertz CT molecular complexity index is 1110. The Balaban J connectivity index is 1.66. The molecule has 0 bridgehead atoms. The molecule has 0 unspecified atom stereocenters. The molecule has 2 aromatic carbocycles. The molecule has 0 saturated heterocycles. The third-order valence-corrected chi connectivity index (χ3v) is 5.65. The summed E-state index contributed by atoms with van der Waals surface area (Å²) in [5.41, 5.74) is 2.45. The Kier molecular flexibility index (Phi) is 3.96. The van der Waals surface area contributed by atoms with Crippen LogP contribution in [0.3, 0.4) is 0 Å². The molecule has 0 N–H and O–H groups in total. The van der Waals surface area contributed by atoms with E-state index in [1.807, 2.05) is 36.4 Å². The number of hydrogen-bond acceptors (Lipinski definition) is 5. The Morgan fingerprint density at radius 3 is 2.37 bits per heavy atom. The molecule has 2 aliphatic rings. The van der Waals surface area contributed by atoms with Crippen LogP contribution in [0.15, 0.2) is 65.6 Å². The summed E-state index contributed by atoms with van der Waals surface area (Å²) >= 11 is 0. The largest absolute Gasteiger partial charge is 0.280 e. The van der Waals surface area contributed by atoms with Gasteiger partial charge in [0.1, 0.15) is 0 Å². The highest BCUT2D eigenvalue weighted by molar-refractivity contribution is 7.90. The number of hydrogen-bond donors (Lipinski definition) is 0. The molecule has 2 heterocycles. The number of fused-ring (bicyclic) bond motifs is 1. The molecule has 0 saturated carbocycles. The first-order valence-corrected chi connectivity index (χ1v) is 10.2. The molecule has 0 spiro atoms. The quantitative estimate of drug-likeness (QED) is 0.764. The van der Waals surface area contributed by atoms with Gasteiger partial charge in [0.25, 0.3) is 11.8 Å². The molecule has 0 radical (unpaired) electrons. The van der Waals surface area contributed by atoms with E-state index < -0.39 is 21.7 Å². The minimum Gasteiger partial charge on any atom is -0.271 e. The fourth-order valence-electron chi connectivity index (χ4n) is 3.21. The first-order valence-electron chi connectivity index (χ1n) is 8.30. The zero-order valence-electron chi connectivity index (χ0n) is 14.5. The average Bonchev–Trinajstić information content (AvgIpc) is 2.95. The van der Waals surface area contributed by atoms with Crippen molar-refractivity contribution in [1.29, 1.82) is 0 Å². The normalized spacial score (nSPS) is 16.6. The van der Waals surface area contributed by atoms with E-state index in [1.54, 1.807) is 17.1 Å². The van der Waals surface area contributed by atoms with E-state index >= 15 is 0 Å². The number of sulfone groups is 1. The van der Waals surface area contributed by atoms with Crippen LogP contribution < -0.4 is 5.01 Å². The summed E-state index contributed by atoms with van der Waals surface area (Å²) in [7, 11) is -3.33. The molecule has 136 valence electrons. The molecule has 27 heavy (non-hydrogen) atoms. The minimum atomic E-state index is -3.33. The molecule has 2 aromatic rings. The van der Waals surface area contributed by atoms with Crippen molar-refractivity contribution in [2.24, 2.45) is 0 Å². The van der Waals surface area contributed by atoms with Gasteiger partial charge in [0.15, 0.2) is 9.84 Å². The Hall–Kier alpha value is -3.19. The fourth-order valence-corrected chi connectivity index (χ4v) is 3.84. The van der Waals surface area contributed by atoms with Crippen molar-refractivity contribution in [3.05, 3.63) is 71.8 Å². The van der Waals surface area contributed by atoms with Gasteiger partial charge in [-0.05, 0) is 29.3 Å². The van der Waals surface area contributed by atoms with Gasteiger partial charge in [-0.15, -0.1) is 0 Å². The highest BCUT2D eigenvalue weighted by Crippen LogP contribution is 2.32. The SMILES string of the molecule is CS(=O)(=O)c1ccc(C2=CC(=O)N(N3CC=Cc4ccccc43)C2=O)cc1. The number of amides is 2. The summed E-state index contributed by atoms with van der Waals surface area (Å²) in [5.74, 6) is -0.857. The van der Waals surface area contributed by atoms with Crippen molar-refractivity contribution in [2.45, 2.75) is 4.90 Å². The van der Waals surface area contributed by atoms with Gasteiger partial charge < -0.3 is 0 Å². The minimum absolute atomic E-state index is 0.163. The lowest BCUT2D eigenvalue weighted by atomic mass is 10.1. The molecule has 4 rings (SSSR count). The topological polar surface area (TPSA) is 74.8 Å².